The number of aliphatic carboxylic acids is 1. The van der Waals surface area contributed by atoms with E-state index in [0.717, 1.165) is 16.6 Å². The normalized spacial score (nSPS) is 10.3. The molecule has 2 amide bonds. The topological polar surface area (TPSA) is 95.4 Å². The number of amides is 2. The molecule has 2 rings (SSSR count). The average molecular weight is 327 g/mol. The fourth-order valence-corrected chi connectivity index (χ4v) is 2.41. The molecule has 0 aliphatic carbocycles. The van der Waals surface area contributed by atoms with Crippen molar-refractivity contribution in [3.05, 3.63) is 29.8 Å². The molecular formula is C12H11ClN4O3S. The zero-order valence-corrected chi connectivity index (χ0v) is 12.3. The van der Waals surface area contributed by atoms with Gasteiger partial charge in [0.1, 0.15) is 17.6 Å². The van der Waals surface area contributed by atoms with Crippen LogP contribution >= 0.6 is 23.3 Å². The maximum atomic E-state index is 12.2. The predicted octanol–water partition coefficient (Wildman–Crippen LogP) is 2.45. The van der Waals surface area contributed by atoms with Crippen molar-refractivity contribution < 1.29 is 14.7 Å². The predicted molar refractivity (Wildman–Crippen MR) is 80.8 cm³/mol. The Labute approximate surface area is 129 Å². The van der Waals surface area contributed by atoms with Crippen LogP contribution < -0.4 is 5.32 Å². The van der Waals surface area contributed by atoms with Crippen molar-refractivity contribution in [2.75, 3.05) is 18.4 Å². The lowest BCUT2D eigenvalue weighted by molar-refractivity contribution is -0.137. The molecular weight excluding hydrogens is 316 g/mol. The molecule has 0 spiro atoms. The third kappa shape index (κ3) is 3.47. The minimum absolute atomic E-state index is 0.0983. The largest absolute Gasteiger partial charge is 0.480 e. The minimum Gasteiger partial charge on any atom is -0.480 e. The fourth-order valence-electron chi connectivity index (χ4n) is 1.67. The summed E-state index contributed by atoms with van der Waals surface area (Å²) in [4.78, 5) is 24.0. The van der Waals surface area contributed by atoms with Gasteiger partial charge in [-0.3, -0.25) is 4.79 Å². The van der Waals surface area contributed by atoms with Crippen LogP contribution in [0.3, 0.4) is 0 Å². The monoisotopic (exact) mass is 326 g/mol. The van der Waals surface area contributed by atoms with E-state index in [2.05, 4.69) is 20.6 Å². The molecule has 9 heteroatoms. The van der Waals surface area contributed by atoms with Gasteiger partial charge in [0.2, 0.25) is 0 Å². The van der Waals surface area contributed by atoms with Crippen molar-refractivity contribution in [3.63, 3.8) is 0 Å². The van der Waals surface area contributed by atoms with E-state index < -0.39 is 18.5 Å². The summed E-state index contributed by atoms with van der Waals surface area (Å²) in [6.07, 6.45) is 1.44. The van der Waals surface area contributed by atoms with Crippen molar-refractivity contribution in [2.45, 2.75) is 0 Å². The van der Waals surface area contributed by atoms with Crippen LogP contribution in [-0.2, 0) is 4.79 Å². The number of hydrogen-bond donors (Lipinski definition) is 2. The van der Waals surface area contributed by atoms with Crippen LogP contribution in [-0.4, -0.2) is 43.8 Å². The number of nitrogens with zero attached hydrogens (tertiary/aromatic N) is 3. The number of benzene rings is 1. The zero-order chi connectivity index (χ0) is 15.4. The van der Waals surface area contributed by atoms with Crippen LogP contribution in [0.4, 0.5) is 10.5 Å². The Morgan fingerprint density at radius 2 is 2.24 bits per heavy atom. The molecule has 21 heavy (non-hydrogen) atoms. The summed E-state index contributed by atoms with van der Waals surface area (Å²) in [5.74, 6) is -1.12. The van der Waals surface area contributed by atoms with Gasteiger partial charge in [-0.2, -0.15) is 8.75 Å². The molecule has 1 aromatic carbocycles. The van der Waals surface area contributed by atoms with E-state index in [1.165, 1.54) is 6.08 Å². The highest BCUT2D eigenvalue weighted by atomic mass is 35.5. The lowest BCUT2D eigenvalue weighted by Crippen LogP contribution is -2.38. The lowest BCUT2D eigenvalue weighted by Gasteiger charge is -2.19. The maximum Gasteiger partial charge on any atom is 0.323 e. The second-order valence-electron chi connectivity index (χ2n) is 4.05. The highest BCUT2D eigenvalue weighted by Gasteiger charge is 2.19. The van der Waals surface area contributed by atoms with Crippen molar-refractivity contribution in [2.24, 2.45) is 0 Å². The van der Waals surface area contributed by atoms with E-state index in [4.69, 9.17) is 16.7 Å². The smallest absolute Gasteiger partial charge is 0.323 e. The molecule has 0 aliphatic heterocycles. The summed E-state index contributed by atoms with van der Waals surface area (Å²) in [6, 6.07) is 2.69. The molecule has 0 saturated heterocycles. The molecule has 2 N–H and O–H groups in total. The molecule has 0 atom stereocenters. The van der Waals surface area contributed by atoms with Gasteiger partial charge in [-0.05, 0) is 12.1 Å². The van der Waals surface area contributed by atoms with E-state index in [1.54, 1.807) is 12.1 Å². The van der Waals surface area contributed by atoms with Gasteiger partial charge in [0.05, 0.1) is 22.4 Å². The zero-order valence-electron chi connectivity index (χ0n) is 10.7. The van der Waals surface area contributed by atoms with Gasteiger partial charge in [0.25, 0.3) is 0 Å². The number of carboxylic acid groups (broad SMARTS) is 1. The molecule has 0 bridgehead atoms. The molecule has 1 aromatic heterocycles. The van der Waals surface area contributed by atoms with Crippen molar-refractivity contribution in [1.82, 2.24) is 13.6 Å². The van der Waals surface area contributed by atoms with Crippen LogP contribution in [0.15, 0.2) is 24.8 Å². The molecule has 0 radical (unpaired) electrons. The van der Waals surface area contributed by atoms with Gasteiger partial charge in [-0.25, -0.2) is 4.79 Å². The molecule has 1 heterocycles. The third-order valence-corrected chi connectivity index (χ3v) is 3.43. The first kappa shape index (κ1) is 15.2. The summed E-state index contributed by atoms with van der Waals surface area (Å²) in [5, 5.41) is 11.7. The Balaban J connectivity index is 2.27. The number of nitrogens with one attached hydrogen (secondary N) is 1. The van der Waals surface area contributed by atoms with E-state index in [1.807, 2.05) is 0 Å². The number of carbonyl (C=O) groups is 2. The number of carboxylic acids is 1. The van der Waals surface area contributed by atoms with Crippen LogP contribution in [0.2, 0.25) is 5.02 Å². The Bertz CT molecular complexity index is 703. The van der Waals surface area contributed by atoms with Gasteiger partial charge in [0.15, 0.2) is 0 Å². The summed E-state index contributed by atoms with van der Waals surface area (Å²) in [6.45, 7) is 3.15. The van der Waals surface area contributed by atoms with Crippen LogP contribution in [0.1, 0.15) is 0 Å². The van der Waals surface area contributed by atoms with Crippen LogP contribution in [0, 0.1) is 0 Å². The number of carbonyl (C=O) groups excluding carboxylic acids is 1. The Kier molecular flexibility index (Phi) is 4.71. The quantitative estimate of drug-likeness (QED) is 0.823. The standard InChI is InChI=1S/C12H11ClN4O3S/c1-2-5-17(6-9(18)19)12(20)14-10-7(13)3-4-8-11(10)16-21-15-8/h2-4H,1,5-6H2,(H,14,20)(H,18,19). The van der Waals surface area contributed by atoms with Gasteiger partial charge >= 0.3 is 12.0 Å². The first-order valence-corrected chi connectivity index (χ1v) is 6.93. The number of urea groups is 1. The van der Waals surface area contributed by atoms with Gasteiger partial charge in [-0.15, -0.1) is 6.58 Å². The third-order valence-electron chi connectivity index (χ3n) is 2.57. The van der Waals surface area contributed by atoms with E-state index >= 15 is 0 Å². The summed E-state index contributed by atoms with van der Waals surface area (Å²) < 4.78 is 8.13. The van der Waals surface area contributed by atoms with Gasteiger partial charge < -0.3 is 15.3 Å². The van der Waals surface area contributed by atoms with Crippen LogP contribution in [0.5, 0.6) is 0 Å². The van der Waals surface area contributed by atoms with Gasteiger partial charge in [0, 0.05) is 6.54 Å². The lowest BCUT2D eigenvalue weighted by atomic mass is 10.2. The van der Waals surface area contributed by atoms with Crippen molar-refractivity contribution in [1.29, 1.82) is 0 Å². The SMILES string of the molecule is C=CCN(CC(=O)O)C(=O)Nc1c(Cl)ccc2nsnc12. The summed E-state index contributed by atoms with van der Waals surface area (Å²) >= 11 is 7.06. The molecule has 0 unspecified atom stereocenters. The first-order valence-electron chi connectivity index (χ1n) is 5.82. The number of aromatic nitrogens is 2. The maximum absolute atomic E-state index is 12.2. The number of halogens is 1. The number of rotatable bonds is 5. The molecule has 7 nitrogen and oxygen atoms in total. The number of hydrogen-bond acceptors (Lipinski definition) is 5. The highest BCUT2D eigenvalue weighted by Crippen LogP contribution is 2.30. The molecule has 2 aromatic rings. The second kappa shape index (κ2) is 6.51. The average Bonchev–Trinajstić information content (AvgIpc) is 2.89. The van der Waals surface area contributed by atoms with Crippen molar-refractivity contribution >= 4 is 52.1 Å². The number of anilines is 1. The molecule has 110 valence electrons. The van der Waals surface area contributed by atoms with E-state index in [9.17, 15) is 9.59 Å². The van der Waals surface area contributed by atoms with Crippen LogP contribution in [0.25, 0.3) is 11.0 Å². The highest BCUT2D eigenvalue weighted by molar-refractivity contribution is 7.00. The fraction of sp³-hybridized carbons (Fsp3) is 0.167. The summed E-state index contributed by atoms with van der Waals surface area (Å²) in [7, 11) is 0. The Morgan fingerprint density at radius 3 is 2.90 bits per heavy atom. The molecule has 0 fully saturated rings. The molecule has 0 saturated carbocycles. The van der Waals surface area contributed by atoms with E-state index in [0.29, 0.717) is 21.7 Å². The first-order chi connectivity index (χ1) is 10.0. The van der Waals surface area contributed by atoms with E-state index in [-0.39, 0.29) is 6.54 Å². The van der Waals surface area contributed by atoms with Crippen molar-refractivity contribution in [3.8, 4) is 0 Å². The Hall–Kier alpha value is -2.19. The number of fused-ring (bicyclic) bond motifs is 1. The Morgan fingerprint density at radius 1 is 1.48 bits per heavy atom. The van der Waals surface area contributed by atoms with Gasteiger partial charge in [-0.1, -0.05) is 17.7 Å². The second-order valence-corrected chi connectivity index (χ2v) is 4.98. The minimum atomic E-state index is -1.12. The summed E-state index contributed by atoms with van der Waals surface area (Å²) in [5.41, 5.74) is 1.38. The molecule has 0 aliphatic rings.